The van der Waals surface area contributed by atoms with E-state index in [-0.39, 0.29) is 11.2 Å². The fraction of sp³-hybridized carbons (Fsp3) is 0.462. The van der Waals surface area contributed by atoms with Crippen molar-refractivity contribution in [2.24, 2.45) is 0 Å². The van der Waals surface area contributed by atoms with Crippen LogP contribution in [0.4, 0.5) is 0 Å². The van der Waals surface area contributed by atoms with E-state index in [1.807, 2.05) is 33.7 Å². The molecule has 0 aliphatic carbocycles. The van der Waals surface area contributed by atoms with Gasteiger partial charge in [0.15, 0.2) is 0 Å². The average Bonchev–Trinajstić information content (AvgIpc) is 2.43. The molecule has 1 aromatic heterocycles. The third-order valence-corrected chi connectivity index (χ3v) is 3.89. The first kappa shape index (κ1) is 14.9. The van der Waals surface area contributed by atoms with Crippen LogP contribution in [0.25, 0.3) is 6.08 Å². The molecule has 19 heavy (non-hydrogen) atoms. The first-order chi connectivity index (χ1) is 8.69. The molecule has 102 valence electrons. The number of hydrogen-bond donors (Lipinski definition) is 0. The topological polar surface area (TPSA) is 31.4 Å². The highest BCUT2D eigenvalue weighted by molar-refractivity contribution is 6.52. The Labute approximate surface area is 124 Å². The van der Waals surface area contributed by atoms with Gasteiger partial charge in [-0.25, -0.2) is 4.98 Å². The van der Waals surface area contributed by atoms with Crippen molar-refractivity contribution < 1.29 is 9.31 Å². The highest BCUT2D eigenvalue weighted by Crippen LogP contribution is 2.37. The Hall–Kier alpha value is -0.545. The Morgan fingerprint density at radius 2 is 1.68 bits per heavy atom. The molecule has 1 fully saturated rings. The number of pyridine rings is 1. The summed E-state index contributed by atoms with van der Waals surface area (Å²) >= 11 is 11.8. The monoisotopic (exact) mass is 299 g/mol. The van der Waals surface area contributed by atoms with Crippen LogP contribution >= 0.6 is 23.2 Å². The minimum Gasteiger partial charge on any atom is -0.400 e. The van der Waals surface area contributed by atoms with Gasteiger partial charge in [0, 0.05) is 5.02 Å². The van der Waals surface area contributed by atoms with Crippen LogP contribution in [0.3, 0.4) is 0 Å². The summed E-state index contributed by atoms with van der Waals surface area (Å²) in [6.07, 6.45) is 1.79. The van der Waals surface area contributed by atoms with Crippen LogP contribution in [0.1, 0.15) is 33.4 Å². The van der Waals surface area contributed by atoms with Crippen LogP contribution < -0.4 is 0 Å². The van der Waals surface area contributed by atoms with E-state index in [0.717, 1.165) is 0 Å². The molecule has 0 spiro atoms. The molecular weight excluding hydrogens is 284 g/mol. The smallest absolute Gasteiger partial charge is 0.400 e. The fourth-order valence-corrected chi connectivity index (χ4v) is 2.20. The van der Waals surface area contributed by atoms with Gasteiger partial charge in [-0.2, -0.15) is 0 Å². The summed E-state index contributed by atoms with van der Waals surface area (Å²) < 4.78 is 11.7. The molecule has 0 radical (unpaired) electrons. The summed E-state index contributed by atoms with van der Waals surface area (Å²) in [6, 6.07) is 3.32. The van der Waals surface area contributed by atoms with Gasteiger partial charge in [0.1, 0.15) is 5.15 Å². The van der Waals surface area contributed by atoms with Crippen molar-refractivity contribution in [2.75, 3.05) is 0 Å². The lowest BCUT2D eigenvalue weighted by molar-refractivity contribution is 0.00578. The largest absolute Gasteiger partial charge is 0.487 e. The minimum atomic E-state index is -0.399. The van der Waals surface area contributed by atoms with E-state index in [4.69, 9.17) is 32.5 Å². The molecule has 1 saturated heterocycles. The molecule has 6 heteroatoms. The summed E-state index contributed by atoms with van der Waals surface area (Å²) in [7, 11) is -0.399. The zero-order chi connectivity index (χ0) is 14.3. The molecular formula is C13H16BCl2NO2. The third-order valence-electron chi connectivity index (χ3n) is 3.47. The second kappa shape index (κ2) is 5.10. The molecule has 2 heterocycles. The van der Waals surface area contributed by atoms with Crippen LogP contribution in [0.5, 0.6) is 0 Å². The maximum absolute atomic E-state index is 5.92. The predicted octanol–water partition coefficient (Wildman–Crippen LogP) is 4.03. The first-order valence-corrected chi connectivity index (χ1v) is 6.82. The standard InChI is InChI=1S/C13H16BCl2NO2/c1-12(2)13(3,4)19-14(18-12)6-5-10-7-9(15)8-11(16)17-10/h5-8H,1-4H3/b6-5+. The van der Waals surface area contributed by atoms with Crippen molar-refractivity contribution in [1.82, 2.24) is 4.98 Å². The Balaban J connectivity index is 2.12. The highest BCUT2D eigenvalue weighted by atomic mass is 35.5. The Bertz CT molecular complexity index is 481. The van der Waals surface area contributed by atoms with Crippen LogP contribution in [0, 0.1) is 0 Å². The fourth-order valence-electron chi connectivity index (χ4n) is 1.71. The van der Waals surface area contributed by atoms with Crippen LogP contribution in [0.15, 0.2) is 18.1 Å². The summed E-state index contributed by atoms with van der Waals surface area (Å²) in [5.41, 5.74) is -0.0183. The summed E-state index contributed by atoms with van der Waals surface area (Å²) in [5.74, 6) is 1.81. The Morgan fingerprint density at radius 1 is 1.11 bits per heavy atom. The number of hydrogen-bond acceptors (Lipinski definition) is 3. The lowest BCUT2D eigenvalue weighted by Gasteiger charge is -2.32. The lowest BCUT2D eigenvalue weighted by Crippen LogP contribution is -2.41. The van der Waals surface area contributed by atoms with Crippen molar-refractivity contribution in [2.45, 2.75) is 38.9 Å². The van der Waals surface area contributed by atoms with Crippen molar-refractivity contribution >= 4 is 36.4 Å². The summed E-state index contributed by atoms with van der Waals surface area (Å²) in [6.45, 7) is 8.04. The van der Waals surface area contributed by atoms with Gasteiger partial charge in [-0.15, -0.1) is 0 Å². The van der Waals surface area contributed by atoms with Crippen molar-refractivity contribution in [1.29, 1.82) is 0 Å². The maximum atomic E-state index is 5.92. The minimum absolute atomic E-state index is 0.346. The van der Waals surface area contributed by atoms with Gasteiger partial charge < -0.3 is 9.31 Å². The van der Waals surface area contributed by atoms with Gasteiger partial charge >= 0.3 is 7.12 Å². The Kier molecular flexibility index (Phi) is 3.98. The van der Waals surface area contributed by atoms with Crippen molar-refractivity contribution in [3.05, 3.63) is 34.0 Å². The van der Waals surface area contributed by atoms with Crippen LogP contribution in [0.2, 0.25) is 10.2 Å². The summed E-state index contributed by atoms with van der Waals surface area (Å²) in [5, 5.41) is 0.912. The van der Waals surface area contributed by atoms with E-state index in [1.165, 1.54) is 0 Å². The molecule has 0 atom stereocenters. The van der Waals surface area contributed by atoms with Gasteiger partial charge in [-0.1, -0.05) is 29.2 Å². The third kappa shape index (κ3) is 3.32. The molecule has 0 aromatic carbocycles. The molecule has 2 rings (SSSR count). The van der Waals surface area contributed by atoms with Crippen LogP contribution in [-0.2, 0) is 9.31 Å². The molecule has 0 amide bonds. The summed E-state index contributed by atoms with van der Waals surface area (Å²) in [4.78, 5) is 4.15. The molecule has 3 nitrogen and oxygen atoms in total. The normalized spacial score (nSPS) is 21.3. The van der Waals surface area contributed by atoms with Crippen molar-refractivity contribution in [3.8, 4) is 0 Å². The van der Waals surface area contributed by atoms with Gasteiger partial charge in [0.2, 0.25) is 0 Å². The molecule has 1 aromatic rings. The van der Waals surface area contributed by atoms with Crippen molar-refractivity contribution in [3.63, 3.8) is 0 Å². The molecule has 0 bridgehead atoms. The molecule has 0 saturated carbocycles. The molecule has 1 aliphatic rings. The second-order valence-corrected chi connectivity index (χ2v) is 6.34. The van der Waals surface area contributed by atoms with E-state index in [2.05, 4.69) is 4.98 Å². The molecule has 0 unspecified atom stereocenters. The number of aromatic nitrogens is 1. The first-order valence-electron chi connectivity index (χ1n) is 6.06. The molecule has 1 aliphatic heterocycles. The Morgan fingerprint density at radius 3 is 2.21 bits per heavy atom. The van der Waals surface area contributed by atoms with Gasteiger partial charge in [-0.3, -0.25) is 0 Å². The van der Waals surface area contributed by atoms with E-state index < -0.39 is 7.12 Å². The maximum Gasteiger partial charge on any atom is 0.487 e. The van der Waals surface area contributed by atoms with E-state index in [9.17, 15) is 0 Å². The van der Waals surface area contributed by atoms with Crippen LogP contribution in [-0.4, -0.2) is 23.3 Å². The number of rotatable bonds is 2. The zero-order valence-electron chi connectivity index (χ0n) is 11.4. The number of nitrogens with zero attached hydrogens (tertiary/aromatic N) is 1. The van der Waals surface area contributed by atoms with Gasteiger partial charge in [0.25, 0.3) is 0 Å². The lowest BCUT2D eigenvalue weighted by atomic mass is 9.90. The highest BCUT2D eigenvalue weighted by Gasteiger charge is 2.49. The van der Waals surface area contributed by atoms with Gasteiger partial charge in [0.05, 0.1) is 16.9 Å². The number of halogens is 2. The average molecular weight is 300 g/mol. The predicted molar refractivity (Wildman–Crippen MR) is 79.4 cm³/mol. The van der Waals surface area contributed by atoms with E-state index in [0.29, 0.717) is 15.9 Å². The SMILES string of the molecule is CC1(C)OB(/C=C/c2cc(Cl)cc(Cl)n2)OC1(C)C. The van der Waals surface area contributed by atoms with Gasteiger partial charge in [-0.05, 0) is 45.9 Å². The quantitative estimate of drug-likeness (QED) is 0.610. The van der Waals surface area contributed by atoms with E-state index >= 15 is 0 Å². The zero-order valence-corrected chi connectivity index (χ0v) is 12.9. The second-order valence-electron chi connectivity index (χ2n) is 5.52. The van der Waals surface area contributed by atoms with E-state index in [1.54, 1.807) is 18.2 Å². The molecule has 0 N–H and O–H groups in total.